The molecule has 0 unspecified atom stereocenters. The van der Waals surface area contributed by atoms with Crippen molar-refractivity contribution in [2.75, 3.05) is 7.05 Å². The first kappa shape index (κ1) is 10.9. The molecule has 1 aromatic carbocycles. The molecule has 84 valence electrons. The van der Waals surface area contributed by atoms with Crippen LogP contribution in [-0.4, -0.2) is 12.0 Å². The predicted molar refractivity (Wildman–Crippen MR) is 64.2 cm³/mol. The number of hydrogen-bond donors (Lipinski definition) is 1. The highest BCUT2D eigenvalue weighted by Crippen LogP contribution is 2.25. The van der Waals surface area contributed by atoms with Crippen molar-refractivity contribution in [2.24, 2.45) is 0 Å². The van der Waals surface area contributed by atoms with Crippen LogP contribution in [0.25, 0.3) is 11.3 Å². The highest BCUT2D eigenvalue weighted by atomic mass is 16.4. The van der Waals surface area contributed by atoms with Gasteiger partial charge in [0.05, 0.1) is 12.7 Å². The Kier molecular flexibility index (Phi) is 3.06. The Morgan fingerprint density at radius 3 is 2.88 bits per heavy atom. The third-order valence-corrected chi connectivity index (χ3v) is 2.54. The average Bonchev–Trinajstić information content (AvgIpc) is 2.71. The Balaban J connectivity index is 2.38. The SMILES string of the molecule is CNCc1ncc(-c2cc(C)ccc2C)o1. The van der Waals surface area contributed by atoms with E-state index in [4.69, 9.17) is 4.42 Å². The number of benzene rings is 1. The zero-order valence-electron chi connectivity index (χ0n) is 9.87. The molecule has 2 aromatic rings. The topological polar surface area (TPSA) is 38.1 Å². The summed E-state index contributed by atoms with van der Waals surface area (Å²) in [5.74, 6) is 1.56. The molecule has 0 aliphatic rings. The van der Waals surface area contributed by atoms with Gasteiger partial charge in [-0.15, -0.1) is 0 Å². The van der Waals surface area contributed by atoms with Crippen molar-refractivity contribution in [1.29, 1.82) is 0 Å². The quantitative estimate of drug-likeness (QED) is 0.857. The first-order valence-electron chi connectivity index (χ1n) is 5.37. The van der Waals surface area contributed by atoms with Crippen molar-refractivity contribution in [2.45, 2.75) is 20.4 Å². The van der Waals surface area contributed by atoms with E-state index in [0.29, 0.717) is 6.54 Å². The van der Waals surface area contributed by atoms with Gasteiger partial charge in [-0.1, -0.05) is 17.7 Å². The number of rotatable bonds is 3. The Labute approximate surface area is 95.5 Å². The number of aromatic nitrogens is 1. The lowest BCUT2D eigenvalue weighted by molar-refractivity contribution is 0.490. The second-order valence-corrected chi connectivity index (χ2v) is 3.97. The molecule has 0 saturated heterocycles. The summed E-state index contributed by atoms with van der Waals surface area (Å²) in [4.78, 5) is 4.22. The molecular formula is C13H16N2O. The van der Waals surface area contributed by atoms with Gasteiger partial charge in [-0.3, -0.25) is 0 Å². The van der Waals surface area contributed by atoms with Crippen LogP contribution in [0.4, 0.5) is 0 Å². The number of aryl methyl sites for hydroxylation is 2. The molecule has 0 amide bonds. The minimum absolute atomic E-state index is 0.658. The van der Waals surface area contributed by atoms with Crippen molar-refractivity contribution < 1.29 is 4.42 Å². The van der Waals surface area contributed by atoms with E-state index in [9.17, 15) is 0 Å². The first-order chi connectivity index (χ1) is 7.70. The van der Waals surface area contributed by atoms with Crippen LogP contribution < -0.4 is 5.32 Å². The van der Waals surface area contributed by atoms with E-state index in [-0.39, 0.29) is 0 Å². The predicted octanol–water partition coefficient (Wildman–Crippen LogP) is 2.68. The molecule has 3 nitrogen and oxygen atoms in total. The molecule has 0 saturated carbocycles. The Morgan fingerprint density at radius 1 is 1.31 bits per heavy atom. The van der Waals surface area contributed by atoms with Crippen LogP contribution >= 0.6 is 0 Å². The van der Waals surface area contributed by atoms with Crippen LogP contribution in [0.15, 0.2) is 28.8 Å². The van der Waals surface area contributed by atoms with Crippen molar-refractivity contribution in [3.63, 3.8) is 0 Å². The molecule has 1 aromatic heterocycles. The fourth-order valence-electron chi connectivity index (χ4n) is 1.67. The monoisotopic (exact) mass is 216 g/mol. The summed E-state index contributed by atoms with van der Waals surface area (Å²) in [6.07, 6.45) is 1.79. The second-order valence-electron chi connectivity index (χ2n) is 3.97. The zero-order chi connectivity index (χ0) is 11.5. The molecule has 1 N–H and O–H groups in total. The van der Waals surface area contributed by atoms with E-state index in [2.05, 4.69) is 42.3 Å². The maximum absolute atomic E-state index is 5.67. The van der Waals surface area contributed by atoms with E-state index in [1.807, 2.05) is 7.05 Å². The van der Waals surface area contributed by atoms with Gasteiger partial charge in [0.1, 0.15) is 0 Å². The largest absolute Gasteiger partial charge is 0.439 e. The van der Waals surface area contributed by atoms with E-state index < -0.39 is 0 Å². The van der Waals surface area contributed by atoms with Crippen molar-refractivity contribution in [3.8, 4) is 11.3 Å². The summed E-state index contributed by atoms with van der Waals surface area (Å²) in [5, 5.41) is 3.02. The molecule has 0 bridgehead atoms. The van der Waals surface area contributed by atoms with Crippen molar-refractivity contribution >= 4 is 0 Å². The number of nitrogens with zero attached hydrogens (tertiary/aromatic N) is 1. The molecule has 0 spiro atoms. The van der Waals surface area contributed by atoms with Gasteiger partial charge in [0, 0.05) is 5.56 Å². The zero-order valence-corrected chi connectivity index (χ0v) is 9.87. The molecule has 0 radical (unpaired) electrons. The van der Waals surface area contributed by atoms with Crippen LogP contribution in [0.3, 0.4) is 0 Å². The summed E-state index contributed by atoms with van der Waals surface area (Å²) in [5.41, 5.74) is 3.56. The highest BCUT2D eigenvalue weighted by molar-refractivity contribution is 5.62. The average molecular weight is 216 g/mol. The van der Waals surface area contributed by atoms with Crippen molar-refractivity contribution in [1.82, 2.24) is 10.3 Å². The van der Waals surface area contributed by atoms with Gasteiger partial charge in [0.15, 0.2) is 5.76 Å². The second kappa shape index (κ2) is 4.49. The summed E-state index contributed by atoms with van der Waals surface area (Å²) in [7, 11) is 1.88. The van der Waals surface area contributed by atoms with Gasteiger partial charge in [-0.05, 0) is 32.5 Å². The smallest absolute Gasteiger partial charge is 0.208 e. The Morgan fingerprint density at radius 2 is 2.12 bits per heavy atom. The standard InChI is InChI=1S/C13H16N2O/c1-9-4-5-10(2)11(6-9)12-7-15-13(16-12)8-14-3/h4-7,14H,8H2,1-3H3. The normalized spacial score (nSPS) is 10.7. The van der Waals surface area contributed by atoms with Gasteiger partial charge in [-0.2, -0.15) is 0 Å². The van der Waals surface area contributed by atoms with Crippen LogP contribution in [0.2, 0.25) is 0 Å². The summed E-state index contributed by atoms with van der Waals surface area (Å²) < 4.78 is 5.67. The van der Waals surface area contributed by atoms with E-state index in [0.717, 1.165) is 17.2 Å². The number of nitrogens with one attached hydrogen (secondary N) is 1. The molecular weight excluding hydrogens is 200 g/mol. The third kappa shape index (κ3) is 2.14. The molecule has 0 atom stereocenters. The lowest BCUT2D eigenvalue weighted by atomic mass is 10.0. The lowest BCUT2D eigenvalue weighted by Crippen LogP contribution is -2.04. The Hall–Kier alpha value is -1.61. The third-order valence-electron chi connectivity index (χ3n) is 2.54. The van der Waals surface area contributed by atoms with E-state index >= 15 is 0 Å². The Bertz CT molecular complexity index is 488. The molecule has 1 heterocycles. The molecule has 0 aliphatic carbocycles. The maximum Gasteiger partial charge on any atom is 0.208 e. The first-order valence-corrected chi connectivity index (χ1v) is 5.37. The summed E-state index contributed by atoms with van der Waals surface area (Å²) in [6.45, 7) is 4.81. The number of hydrogen-bond acceptors (Lipinski definition) is 3. The minimum atomic E-state index is 0.658. The van der Waals surface area contributed by atoms with Crippen LogP contribution in [0.1, 0.15) is 17.0 Å². The number of oxazole rings is 1. The van der Waals surface area contributed by atoms with E-state index in [1.54, 1.807) is 6.20 Å². The van der Waals surface area contributed by atoms with Crippen molar-refractivity contribution in [3.05, 3.63) is 41.4 Å². The van der Waals surface area contributed by atoms with Gasteiger partial charge in [0.2, 0.25) is 5.89 Å². The fraction of sp³-hybridized carbons (Fsp3) is 0.308. The molecule has 0 aliphatic heterocycles. The molecule has 0 fully saturated rings. The van der Waals surface area contributed by atoms with Gasteiger partial charge >= 0.3 is 0 Å². The maximum atomic E-state index is 5.67. The van der Waals surface area contributed by atoms with Crippen LogP contribution in [-0.2, 0) is 6.54 Å². The molecule has 16 heavy (non-hydrogen) atoms. The van der Waals surface area contributed by atoms with E-state index in [1.165, 1.54) is 11.1 Å². The minimum Gasteiger partial charge on any atom is -0.439 e. The summed E-state index contributed by atoms with van der Waals surface area (Å²) >= 11 is 0. The van der Waals surface area contributed by atoms with Crippen LogP contribution in [0.5, 0.6) is 0 Å². The summed E-state index contributed by atoms with van der Waals surface area (Å²) in [6, 6.07) is 6.33. The van der Waals surface area contributed by atoms with Gasteiger partial charge in [-0.25, -0.2) is 4.98 Å². The molecule has 3 heteroatoms. The lowest BCUT2D eigenvalue weighted by Gasteiger charge is -2.03. The van der Waals surface area contributed by atoms with Gasteiger partial charge < -0.3 is 9.73 Å². The molecule has 2 rings (SSSR count). The van der Waals surface area contributed by atoms with Gasteiger partial charge in [0.25, 0.3) is 0 Å². The van der Waals surface area contributed by atoms with Crippen LogP contribution in [0, 0.1) is 13.8 Å². The fourth-order valence-corrected chi connectivity index (χ4v) is 1.67. The highest BCUT2D eigenvalue weighted by Gasteiger charge is 2.08.